The van der Waals surface area contributed by atoms with Crippen molar-refractivity contribution in [1.29, 1.82) is 0 Å². The molecule has 0 unspecified atom stereocenters. The summed E-state index contributed by atoms with van der Waals surface area (Å²) in [5, 5.41) is 4.86. The van der Waals surface area contributed by atoms with Crippen molar-refractivity contribution in [1.82, 2.24) is 0 Å². The van der Waals surface area contributed by atoms with Crippen molar-refractivity contribution in [3.8, 4) is 22.3 Å². The molecule has 0 radical (unpaired) electrons. The number of anilines is 3. The van der Waals surface area contributed by atoms with Crippen molar-refractivity contribution in [2.45, 2.75) is 45.4 Å². The smallest absolute Gasteiger partial charge is 0.159 e. The van der Waals surface area contributed by atoms with E-state index in [1.165, 1.54) is 55.3 Å². The largest absolute Gasteiger partial charge is 0.454 e. The van der Waals surface area contributed by atoms with Gasteiger partial charge in [0.05, 0.1) is 11.4 Å². The van der Waals surface area contributed by atoms with Crippen LogP contribution in [0.15, 0.2) is 138 Å². The minimum absolute atomic E-state index is 0.0607. The molecule has 0 spiro atoms. The number of hydrogen-bond donors (Lipinski definition) is 0. The van der Waals surface area contributed by atoms with E-state index in [4.69, 9.17) is 4.42 Å². The molecule has 1 aromatic heterocycles. The molecule has 2 aliphatic carbocycles. The Balaban J connectivity index is 1.26. The second-order valence-electron chi connectivity index (χ2n) is 15.0. The van der Waals surface area contributed by atoms with Gasteiger partial charge in [-0.15, -0.1) is 0 Å². The molecule has 8 aromatic rings. The third-order valence-corrected chi connectivity index (χ3v) is 11.6. The summed E-state index contributed by atoms with van der Waals surface area (Å²) >= 11 is 0. The molecule has 0 bridgehead atoms. The number of para-hydroxylation sites is 3. The van der Waals surface area contributed by atoms with Crippen molar-refractivity contribution >= 4 is 49.8 Å². The van der Waals surface area contributed by atoms with Crippen LogP contribution in [0.1, 0.15) is 55.5 Å². The fourth-order valence-corrected chi connectivity index (χ4v) is 9.07. The lowest BCUT2D eigenvalue weighted by molar-refractivity contribution is 0.639. The van der Waals surface area contributed by atoms with E-state index in [1.54, 1.807) is 0 Å². The number of benzene rings is 7. The van der Waals surface area contributed by atoms with Gasteiger partial charge in [0.1, 0.15) is 5.58 Å². The van der Waals surface area contributed by atoms with Crippen LogP contribution in [0.2, 0.25) is 0 Å². The maximum atomic E-state index is 6.76. The standard InChI is InChI=1S/C47H37NO/c1-28-14-11-18-32-33-19-13-23-42(45(33)49-44(28)32)48(29-15-7-6-8-16-29)41-25-24-31-36-27-39-35(30-17-9-10-21-37(30)46(39,2)3)26-40(36)47(4,5)38-22-12-20-34(41)43(31)38/h6-27H,1-5H3. The zero-order chi connectivity index (χ0) is 33.2. The third-order valence-electron chi connectivity index (χ3n) is 11.6. The zero-order valence-electron chi connectivity index (χ0n) is 28.6. The summed E-state index contributed by atoms with van der Waals surface area (Å²) in [7, 11) is 0. The van der Waals surface area contributed by atoms with Crippen molar-refractivity contribution < 1.29 is 4.42 Å². The molecule has 0 saturated carbocycles. The summed E-state index contributed by atoms with van der Waals surface area (Å²) in [6.07, 6.45) is 0. The fourth-order valence-electron chi connectivity index (χ4n) is 9.07. The van der Waals surface area contributed by atoms with E-state index < -0.39 is 0 Å². The van der Waals surface area contributed by atoms with E-state index >= 15 is 0 Å². The third kappa shape index (κ3) is 3.72. The molecule has 0 atom stereocenters. The molecule has 0 N–H and O–H groups in total. The lowest BCUT2D eigenvalue weighted by Crippen LogP contribution is -2.25. The number of furan rings is 1. The minimum Gasteiger partial charge on any atom is -0.454 e. The van der Waals surface area contributed by atoms with Gasteiger partial charge in [-0.2, -0.15) is 0 Å². The molecule has 2 heteroatoms. The average Bonchev–Trinajstić information content (AvgIpc) is 3.61. The van der Waals surface area contributed by atoms with Gasteiger partial charge in [0, 0.05) is 32.7 Å². The maximum absolute atomic E-state index is 6.76. The number of fused-ring (bicyclic) bond motifs is 8. The Morgan fingerprint density at radius 2 is 1.06 bits per heavy atom. The Labute approximate surface area is 287 Å². The summed E-state index contributed by atoms with van der Waals surface area (Å²) in [6, 6.07) is 49.3. The second kappa shape index (κ2) is 9.74. The Kier molecular flexibility index (Phi) is 5.65. The monoisotopic (exact) mass is 631 g/mol. The molecule has 236 valence electrons. The Morgan fingerprint density at radius 3 is 1.86 bits per heavy atom. The summed E-state index contributed by atoms with van der Waals surface area (Å²) in [5.74, 6) is 0. The highest BCUT2D eigenvalue weighted by atomic mass is 16.3. The van der Waals surface area contributed by atoms with Crippen LogP contribution in [-0.4, -0.2) is 0 Å². The lowest BCUT2D eigenvalue weighted by Gasteiger charge is -2.37. The number of hydrogen-bond acceptors (Lipinski definition) is 2. The van der Waals surface area contributed by atoms with Gasteiger partial charge < -0.3 is 9.32 Å². The molecule has 2 nitrogen and oxygen atoms in total. The van der Waals surface area contributed by atoms with E-state index in [2.05, 4.69) is 173 Å². The normalized spacial score (nSPS) is 15.0. The highest BCUT2D eigenvalue weighted by Gasteiger charge is 2.40. The van der Waals surface area contributed by atoms with Crippen LogP contribution in [-0.2, 0) is 10.8 Å². The van der Waals surface area contributed by atoms with Crippen LogP contribution >= 0.6 is 0 Å². The van der Waals surface area contributed by atoms with Crippen LogP contribution in [0.25, 0.3) is 55.0 Å². The van der Waals surface area contributed by atoms with Crippen molar-refractivity contribution in [3.63, 3.8) is 0 Å². The first-order valence-electron chi connectivity index (χ1n) is 17.4. The SMILES string of the molecule is Cc1cccc2c1oc1c(N(c3ccccc3)c3ccc4c5c(cccc35)C(C)(C)c3cc5c(cc3-4)C(C)(C)c3ccccc3-5)cccc12. The summed E-state index contributed by atoms with van der Waals surface area (Å²) < 4.78 is 6.76. The molecule has 7 aromatic carbocycles. The van der Waals surface area contributed by atoms with Gasteiger partial charge in [0.15, 0.2) is 5.58 Å². The molecule has 10 rings (SSSR count). The Hall–Kier alpha value is -5.60. The highest BCUT2D eigenvalue weighted by molar-refractivity contribution is 6.14. The summed E-state index contributed by atoms with van der Waals surface area (Å²) in [6.45, 7) is 11.7. The predicted molar refractivity (Wildman–Crippen MR) is 206 cm³/mol. The first-order valence-corrected chi connectivity index (χ1v) is 17.4. The molecular formula is C47H37NO. The van der Waals surface area contributed by atoms with Gasteiger partial charge in [-0.25, -0.2) is 0 Å². The van der Waals surface area contributed by atoms with Gasteiger partial charge in [-0.1, -0.05) is 125 Å². The Morgan fingerprint density at radius 1 is 0.449 bits per heavy atom. The number of aryl methyl sites for hydroxylation is 1. The first kappa shape index (κ1) is 28.4. The van der Waals surface area contributed by atoms with Gasteiger partial charge in [-0.3, -0.25) is 0 Å². The van der Waals surface area contributed by atoms with Gasteiger partial charge in [0.2, 0.25) is 0 Å². The van der Waals surface area contributed by atoms with E-state index in [9.17, 15) is 0 Å². The van der Waals surface area contributed by atoms with E-state index in [-0.39, 0.29) is 10.8 Å². The van der Waals surface area contributed by atoms with Crippen molar-refractivity contribution in [2.75, 3.05) is 4.90 Å². The number of nitrogens with zero attached hydrogens (tertiary/aromatic N) is 1. The van der Waals surface area contributed by atoms with Crippen LogP contribution in [0.4, 0.5) is 17.1 Å². The molecule has 49 heavy (non-hydrogen) atoms. The van der Waals surface area contributed by atoms with Crippen LogP contribution < -0.4 is 4.90 Å². The quantitative estimate of drug-likeness (QED) is 0.193. The second-order valence-corrected chi connectivity index (χ2v) is 15.0. The maximum Gasteiger partial charge on any atom is 0.159 e. The number of rotatable bonds is 3. The lowest BCUT2D eigenvalue weighted by atomic mass is 9.67. The summed E-state index contributed by atoms with van der Waals surface area (Å²) in [4.78, 5) is 2.40. The van der Waals surface area contributed by atoms with Gasteiger partial charge in [0.25, 0.3) is 0 Å². The molecule has 0 fully saturated rings. The molecule has 2 aliphatic rings. The van der Waals surface area contributed by atoms with E-state index in [0.717, 1.165) is 44.6 Å². The van der Waals surface area contributed by atoms with Gasteiger partial charge >= 0.3 is 0 Å². The summed E-state index contributed by atoms with van der Waals surface area (Å²) in [5.41, 5.74) is 17.0. The fraction of sp³-hybridized carbons (Fsp3) is 0.149. The average molecular weight is 632 g/mol. The van der Waals surface area contributed by atoms with Crippen molar-refractivity contribution in [3.05, 3.63) is 161 Å². The van der Waals surface area contributed by atoms with Crippen LogP contribution in [0.3, 0.4) is 0 Å². The topological polar surface area (TPSA) is 16.4 Å². The molecular weight excluding hydrogens is 595 g/mol. The highest BCUT2D eigenvalue weighted by Crippen LogP contribution is 2.57. The van der Waals surface area contributed by atoms with Crippen LogP contribution in [0.5, 0.6) is 0 Å². The van der Waals surface area contributed by atoms with E-state index in [1.807, 2.05) is 0 Å². The van der Waals surface area contributed by atoms with Crippen LogP contribution in [0, 0.1) is 6.92 Å². The Bertz CT molecular complexity index is 2670. The predicted octanol–water partition coefficient (Wildman–Crippen LogP) is 13.1. The van der Waals surface area contributed by atoms with Gasteiger partial charge in [-0.05, 0) is 98.8 Å². The molecule has 0 aliphatic heterocycles. The molecule has 1 heterocycles. The molecule has 0 amide bonds. The molecule has 0 saturated heterocycles. The van der Waals surface area contributed by atoms with E-state index in [0.29, 0.717) is 0 Å². The van der Waals surface area contributed by atoms with Crippen molar-refractivity contribution in [2.24, 2.45) is 0 Å². The zero-order valence-corrected chi connectivity index (χ0v) is 28.6. The first-order chi connectivity index (χ1) is 23.7. The minimum atomic E-state index is -0.189.